The summed E-state index contributed by atoms with van der Waals surface area (Å²) in [5, 5.41) is 10.4. The van der Waals surface area contributed by atoms with Gasteiger partial charge in [0.25, 0.3) is 0 Å². The van der Waals surface area contributed by atoms with Crippen molar-refractivity contribution in [3.8, 4) is 0 Å². The molecule has 0 saturated carbocycles. The standard InChI is InChI=1S/C14H9BrN2O2/c15-10-6-11-12(7-16-14(11)17(19)8-10)13(18)9-4-2-1-3-5-9/h1-8,19H/p+1. The van der Waals surface area contributed by atoms with Gasteiger partial charge in [-0.15, -0.1) is 0 Å². The molecule has 0 atom stereocenters. The van der Waals surface area contributed by atoms with Gasteiger partial charge in [-0.05, 0) is 22.0 Å². The molecule has 4 nitrogen and oxygen atoms in total. The molecule has 5 heteroatoms. The molecule has 0 amide bonds. The molecule has 0 aliphatic heterocycles. The fourth-order valence-corrected chi connectivity index (χ4v) is 2.47. The van der Waals surface area contributed by atoms with Crippen molar-refractivity contribution in [2.75, 3.05) is 0 Å². The third kappa shape index (κ3) is 2.02. The second kappa shape index (κ2) is 4.51. The van der Waals surface area contributed by atoms with Gasteiger partial charge >= 0.3 is 5.65 Å². The van der Waals surface area contributed by atoms with Crippen LogP contribution in [-0.2, 0) is 0 Å². The first-order chi connectivity index (χ1) is 9.16. The van der Waals surface area contributed by atoms with E-state index in [0.717, 1.165) is 4.73 Å². The molecule has 0 bridgehead atoms. The van der Waals surface area contributed by atoms with Crippen LogP contribution in [-0.4, -0.2) is 16.0 Å². The molecule has 0 unspecified atom stereocenters. The van der Waals surface area contributed by atoms with E-state index >= 15 is 0 Å². The van der Waals surface area contributed by atoms with Crippen LogP contribution in [0.4, 0.5) is 0 Å². The summed E-state index contributed by atoms with van der Waals surface area (Å²) in [4.78, 5) is 15.3. The number of halogens is 1. The number of aromatic amines is 1. The van der Waals surface area contributed by atoms with Gasteiger partial charge in [-0.25, -0.2) is 4.98 Å². The van der Waals surface area contributed by atoms with Crippen LogP contribution in [0.1, 0.15) is 15.9 Å². The Balaban J connectivity index is 2.19. The maximum atomic E-state index is 12.4. The van der Waals surface area contributed by atoms with E-state index in [0.29, 0.717) is 26.6 Å². The molecule has 0 aliphatic carbocycles. The van der Waals surface area contributed by atoms with Crippen molar-refractivity contribution in [2.45, 2.75) is 0 Å². The highest BCUT2D eigenvalue weighted by atomic mass is 79.9. The van der Waals surface area contributed by atoms with Gasteiger partial charge in [0.2, 0.25) is 0 Å². The summed E-state index contributed by atoms with van der Waals surface area (Å²) < 4.78 is 1.66. The van der Waals surface area contributed by atoms with Gasteiger partial charge in [0.05, 0.1) is 15.4 Å². The Kier molecular flexibility index (Phi) is 2.83. The molecule has 2 aromatic heterocycles. The summed E-state index contributed by atoms with van der Waals surface area (Å²) in [6, 6.07) is 10.9. The van der Waals surface area contributed by atoms with Crippen molar-refractivity contribution in [1.82, 2.24) is 4.98 Å². The van der Waals surface area contributed by atoms with Crippen molar-refractivity contribution >= 4 is 32.7 Å². The van der Waals surface area contributed by atoms with Crippen LogP contribution in [0.3, 0.4) is 0 Å². The zero-order valence-electron chi connectivity index (χ0n) is 9.80. The van der Waals surface area contributed by atoms with Crippen LogP contribution < -0.4 is 4.73 Å². The number of carbonyl (C=O) groups excluding carboxylic acids is 1. The summed E-state index contributed by atoms with van der Waals surface area (Å²) in [6.07, 6.45) is 3.12. The molecular weight excluding hydrogens is 308 g/mol. The van der Waals surface area contributed by atoms with Gasteiger partial charge in [-0.1, -0.05) is 35.1 Å². The van der Waals surface area contributed by atoms with Crippen molar-refractivity contribution < 1.29 is 14.7 Å². The molecule has 3 rings (SSSR count). The lowest BCUT2D eigenvalue weighted by atomic mass is 10.0. The predicted molar refractivity (Wildman–Crippen MR) is 73.3 cm³/mol. The quantitative estimate of drug-likeness (QED) is 0.434. The Labute approximate surface area is 117 Å². The summed E-state index contributed by atoms with van der Waals surface area (Å²) >= 11 is 3.30. The van der Waals surface area contributed by atoms with Crippen LogP contribution in [0.25, 0.3) is 11.0 Å². The van der Waals surface area contributed by atoms with Crippen LogP contribution in [0.5, 0.6) is 0 Å². The minimum absolute atomic E-state index is 0.0787. The average molecular weight is 318 g/mol. The number of nitrogens with zero attached hydrogens (tertiary/aromatic N) is 1. The first-order valence-electron chi connectivity index (χ1n) is 5.68. The Morgan fingerprint density at radius 2 is 2.00 bits per heavy atom. The van der Waals surface area contributed by atoms with Gasteiger partial charge in [-0.2, -0.15) is 0 Å². The molecule has 2 heterocycles. The Hall–Kier alpha value is -2.14. The van der Waals surface area contributed by atoms with E-state index in [-0.39, 0.29) is 5.78 Å². The number of ketones is 1. The third-order valence-electron chi connectivity index (χ3n) is 2.94. The molecule has 3 aromatic rings. The number of fused-ring (bicyclic) bond motifs is 1. The van der Waals surface area contributed by atoms with E-state index in [1.165, 1.54) is 6.20 Å². The van der Waals surface area contributed by atoms with Gasteiger partial charge in [0.1, 0.15) is 6.20 Å². The minimum atomic E-state index is -0.0787. The summed E-state index contributed by atoms with van der Waals surface area (Å²) in [6.45, 7) is 0. The van der Waals surface area contributed by atoms with E-state index in [1.807, 2.05) is 18.2 Å². The molecular formula is C14H10BrN2O2+. The topological polar surface area (TPSA) is 57.0 Å². The second-order valence-corrected chi connectivity index (χ2v) is 5.08. The zero-order chi connectivity index (χ0) is 13.4. The number of rotatable bonds is 2. The highest BCUT2D eigenvalue weighted by molar-refractivity contribution is 9.10. The average Bonchev–Trinajstić information content (AvgIpc) is 2.83. The lowest BCUT2D eigenvalue weighted by molar-refractivity contribution is -0.886. The number of hydrogen-bond donors (Lipinski definition) is 2. The number of carbonyl (C=O) groups is 1. The highest BCUT2D eigenvalue weighted by Crippen LogP contribution is 2.21. The normalized spacial score (nSPS) is 10.8. The van der Waals surface area contributed by atoms with E-state index in [1.54, 1.807) is 24.4 Å². The molecule has 0 saturated heterocycles. The third-order valence-corrected chi connectivity index (χ3v) is 3.37. The summed E-state index contributed by atoms with van der Waals surface area (Å²) in [5.41, 5.74) is 1.64. The zero-order valence-corrected chi connectivity index (χ0v) is 11.4. The molecule has 0 radical (unpaired) electrons. The molecule has 0 fully saturated rings. The number of nitrogens with one attached hydrogen (secondary N) is 1. The number of H-pyrrole nitrogens is 1. The second-order valence-electron chi connectivity index (χ2n) is 4.16. The summed E-state index contributed by atoms with van der Waals surface area (Å²) in [5.74, 6) is -0.0787. The first-order valence-corrected chi connectivity index (χ1v) is 6.47. The van der Waals surface area contributed by atoms with E-state index < -0.39 is 0 Å². The molecule has 19 heavy (non-hydrogen) atoms. The molecule has 94 valence electrons. The van der Waals surface area contributed by atoms with Crippen LogP contribution in [0, 0.1) is 0 Å². The molecule has 1 aromatic carbocycles. The number of hydrogen-bond acceptors (Lipinski definition) is 2. The lowest BCUT2D eigenvalue weighted by Crippen LogP contribution is -2.30. The maximum Gasteiger partial charge on any atom is 0.326 e. The number of pyridine rings is 1. The minimum Gasteiger partial charge on any atom is -0.350 e. The monoisotopic (exact) mass is 317 g/mol. The predicted octanol–water partition coefficient (Wildman–Crippen LogP) is 2.69. The molecule has 0 spiro atoms. The smallest absolute Gasteiger partial charge is 0.326 e. The van der Waals surface area contributed by atoms with E-state index in [2.05, 4.69) is 20.9 Å². The van der Waals surface area contributed by atoms with Crippen LogP contribution in [0.15, 0.2) is 53.3 Å². The SMILES string of the molecule is O=C(c1ccccc1)c1c[nH]c2c1cc(Br)c[n+]2O. The lowest BCUT2D eigenvalue weighted by Gasteiger charge is -1.98. The van der Waals surface area contributed by atoms with Crippen molar-refractivity contribution in [3.63, 3.8) is 0 Å². The largest absolute Gasteiger partial charge is 0.350 e. The fraction of sp³-hybridized carbons (Fsp3) is 0. The Bertz CT molecular complexity index is 766. The Morgan fingerprint density at radius 3 is 2.74 bits per heavy atom. The number of aromatic nitrogens is 2. The first kappa shape index (κ1) is 11.9. The molecule has 2 N–H and O–H groups in total. The van der Waals surface area contributed by atoms with Crippen LogP contribution in [0.2, 0.25) is 0 Å². The van der Waals surface area contributed by atoms with Gasteiger partial charge in [0, 0.05) is 5.56 Å². The fourth-order valence-electron chi connectivity index (χ4n) is 2.05. The number of benzene rings is 1. The Morgan fingerprint density at radius 1 is 1.26 bits per heavy atom. The van der Waals surface area contributed by atoms with E-state index in [4.69, 9.17) is 0 Å². The van der Waals surface area contributed by atoms with Gasteiger partial charge in [0.15, 0.2) is 12.0 Å². The van der Waals surface area contributed by atoms with Crippen molar-refractivity contribution in [1.29, 1.82) is 0 Å². The van der Waals surface area contributed by atoms with Gasteiger partial charge in [-0.3, -0.25) is 4.79 Å². The molecule has 0 aliphatic rings. The summed E-state index contributed by atoms with van der Waals surface area (Å²) in [7, 11) is 0. The maximum absolute atomic E-state index is 12.4. The highest BCUT2D eigenvalue weighted by Gasteiger charge is 2.20. The van der Waals surface area contributed by atoms with E-state index in [9.17, 15) is 10.0 Å². The van der Waals surface area contributed by atoms with Crippen molar-refractivity contribution in [2.24, 2.45) is 0 Å². The van der Waals surface area contributed by atoms with Gasteiger partial charge < -0.3 is 5.21 Å². The van der Waals surface area contributed by atoms with Crippen LogP contribution >= 0.6 is 15.9 Å². The van der Waals surface area contributed by atoms with Crippen molar-refractivity contribution in [3.05, 3.63) is 64.4 Å².